The Bertz CT molecular complexity index is 318. The van der Waals surface area contributed by atoms with Gasteiger partial charge in [0.1, 0.15) is 5.69 Å². The van der Waals surface area contributed by atoms with E-state index in [0.717, 1.165) is 31.0 Å². The van der Waals surface area contributed by atoms with Crippen molar-refractivity contribution < 1.29 is 0 Å². The second kappa shape index (κ2) is 4.97. The maximum absolute atomic E-state index is 5.84. The van der Waals surface area contributed by atoms with Gasteiger partial charge in [0.05, 0.1) is 11.6 Å². The number of rotatable bonds is 6. The summed E-state index contributed by atoms with van der Waals surface area (Å²) in [5.41, 5.74) is 2.21. The molecule has 0 bridgehead atoms. The maximum Gasteiger partial charge on any atom is 0.101 e. The lowest BCUT2D eigenvalue weighted by Gasteiger charge is -2.05. The standard InChI is InChI=1S/C11H18ClN3/c1-2-3-11-10(8-12)13-14-15(11)7-6-9-4-5-9/h9H,2-8H2,1H3. The highest BCUT2D eigenvalue weighted by molar-refractivity contribution is 6.16. The van der Waals surface area contributed by atoms with Gasteiger partial charge in [-0.05, 0) is 18.8 Å². The predicted molar refractivity (Wildman–Crippen MR) is 60.9 cm³/mol. The first-order valence-corrected chi connectivity index (χ1v) is 6.35. The topological polar surface area (TPSA) is 30.7 Å². The Morgan fingerprint density at radius 2 is 2.27 bits per heavy atom. The predicted octanol–water partition coefficient (Wildman–Crippen LogP) is 2.77. The number of alkyl halides is 1. The monoisotopic (exact) mass is 227 g/mol. The average Bonchev–Trinajstić information content (AvgIpc) is 2.99. The van der Waals surface area contributed by atoms with Gasteiger partial charge >= 0.3 is 0 Å². The summed E-state index contributed by atoms with van der Waals surface area (Å²) in [5.74, 6) is 1.43. The highest BCUT2D eigenvalue weighted by Crippen LogP contribution is 2.32. The molecule has 0 atom stereocenters. The fourth-order valence-corrected chi connectivity index (χ4v) is 2.08. The lowest BCUT2D eigenvalue weighted by molar-refractivity contribution is 0.512. The van der Waals surface area contributed by atoms with Gasteiger partial charge in [0.2, 0.25) is 0 Å². The van der Waals surface area contributed by atoms with Crippen LogP contribution in [-0.4, -0.2) is 15.0 Å². The van der Waals surface area contributed by atoms with Crippen LogP contribution in [0.15, 0.2) is 0 Å². The number of aromatic nitrogens is 3. The fraction of sp³-hybridized carbons (Fsp3) is 0.818. The van der Waals surface area contributed by atoms with Gasteiger partial charge in [-0.3, -0.25) is 0 Å². The Morgan fingerprint density at radius 1 is 1.47 bits per heavy atom. The third kappa shape index (κ3) is 2.71. The minimum Gasteiger partial charge on any atom is -0.249 e. The molecule has 1 fully saturated rings. The van der Waals surface area contributed by atoms with E-state index in [-0.39, 0.29) is 0 Å². The van der Waals surface area contributed by atoms with E-state index in [4.69, 9.17) is 11.6 Å². The van der Waals surface area contributed by atoms with Gasteiger partial charge in [0.25, 0.3) is 0 Å². The van der Waals surface area contributed by atoms with Crippen LogP contribution in [0.25, 0.3) is 0 Å². The van der Waals surface area contributed by atoms with Crippen LogP contribution < -0.4 is 0 Å². The number of aryl methyl sites for hydroxylation is 1. The van der Waals surface area contributed by atoms with Gasteiger partial charge in [-0.15, -0.1) is 16.7 Å². The van der Waals surface area contributed by atoms with Crippen molar-refractivity contribution in [1.29, 1.82) is 0 Å². The van der Waals surface area contributed by atoms with Gasteiger partial charge in [-0.2, -0.15) is 0 Å². The number of nitrogens with zero attached hydrogens (tertiary/aromatic N) is 3. The molecule has 3 nitrogen and oxygen atoms in total. The molecule has 0 aromatic carbocycles. The largest absolute Gasteiger partial charge is 0.249 e. The third-order valence-electron chi connectivity index (χ3n) is 2.98. The van der Waals surface area contributed by atoms with Crippen molar-refractivity contribution in [3.8, 4) is 0 Å². The van der Waals surface area contributed by atoms with Gasteiger partial charge in [0.15, 0.2) is 0 Å². The summed E-state index contributed by atoms with van der Waals surface area (Å²) < 4.78 is 2.06. The lowest BCUT2D eigenvalue weighted by Crippen LogP contribution is -2.06. The molecule has 0 unspecified atom stereocenters. The van der Waals surface area contributed by atoms with E-state index in [1.165, 1.54) is 25.0 Å². The zero-order valence-corrected chi connectivity index (χ0v) is 10.0. The van der Waals surface area contributed by atoms with Crippen molar-refractivity contribution >= 4 is 11.6 Å². The molecule has 15 heavy (non-hydrogen) atoms. The van der Waals surface area contributed by atoms with Gasteiger partial charge in [0, 0.05) is 6.54 Å². The molecule has 84 valence electrons. The first kappa shape index (κ1) is 10.9. The van der Waals surface area contributed by atoms with Crippen LogP contribution in [0, 0.1) is 5.92 Å². The molecule has 0 N–H and O–H groups in total. The molecule has 1 aromatic rings. The van der Waals surface area contributed by atoms with Gasteiger partial charge < -0.3 is 0 Å². The molecule has 0 amide bonds. The summed E-state index contributed by atoms with van der Waals surface area (Å²) in [6, 6.07) is 0. The van der Waals surface area contributed by atoms with Crippen molar-refractivity contribution in [2.75, 3.05) is 0 Å². The molecule has 0 saturated heterocycles. The summed E-state index contributed by atoms with van der Waals surface area (Å²) in [6.07, 6.45) is 6.22. The van der Waals surface area contributed by atoms with Crippen molar-refractivity contribution in [3.63, 3.8) is 0 Å². The van der Waals surface area contributed by atoms with E-state index in [1.807, 2.05) is 0 Å². The van der Waals surface area contributed by atoms with Gasteiger partial charge in [-0.1, -0.05) is 31.4 Å². The van der Waals surface area contributed by atoms with Crippen molar-refractivity contribution in [3.05, 3.63) is 11.4 Å². The number of halogens is 1. The molecule has 4 heteroatoms. The Morgan fingerprint density at radius 3 is 2.87 bits per heavy atom. The van der Waals surface area contributed by atoms with E-state index in [2.05, 4.69) is 21.9 Å². The first-order chi connectivity index (χ1) is 7.35. The van der Waals surface area contributed by atoms with E-state index in [0.29, 0.717) is 5.88 Å². The maximum atomic E-state index is 5.84. The average molecular weight is 228 g/mol. The van der Waals surface area contributed by atoms with Crippen LogP contribution >= 0.6 is 11.6 Å². The highest BCUT2D eigenvalue weighted by atomic mass is 35.5. The summed E-state index contributed by atoms with van der Waals surface area (Å²) in [7, 11) is 0. The third-order valence-corrected chi connectivity index (χ3v) is 3.23. The quantitative estimate of drug-likeness (QED) is 0.700. The Balaban J connectivity index is 2.02. The van der Waals surface area contributed by atoms with Crippen LogP contribution in [0.3, 0.4) is 0 Å². The molecule has 1 heterocycles. The summed E-state index contributed by atoms with van der Waals surface area (Å²) >= 11 is 5.84. The molecule has 1 aliphatic rings. The second-order valence-corrected chi connectivity index (χ2v) is 4.59. The first-order valence-electron chi connectivity index (χ1n) is 5.82. The van der Waals surface area contributed by atoms with Crippen LogP contribution in [0.2, 0.25) is 0 Å². The van der Waals surface area contributed by atoms with E-state index in [1.54, 1.807) is 0 Å². The fourth-order valence-electron chi connectivity index (χ4n) is 1.87. The van der Waals surface area contributed by atoms with Crippen LogP contribution in [0.4, 0.5) is 0 Å². The van der Waals surface area contributed by atoms with E-state index < -0.39 is 0 Å². The van der Waals surface area contributed by atoms with Crippen molar-refractivity contribution in [1.82, 2.24) is 15.0 Å². The molecule has 0 radical (unpaired) electrons. The molecule has 1 aromatic heterocycles. The second-order valence-electron chi connectivity index (χ2n) is 4.32. The summed E-state index contributed by atoms with van der Waals surface area (Å²) in [5, 5.41) is 8.32. The van der Waals surface area contributed by atoms with E-state index >= 15 is 0 Å². The minimum absolute atomic E-state index is 0.485. The SMILES string of the molecule is CCCc1c(CCl)nnn1CCC1CC1. The Labute approximate surface area is 95.8 Å². The molecule has 1 aliphatic carbocycles. The van der Waals surface area contributed by atoms with Crippen LogP contribution in [-0.2, 0) is 18.8 Å². The smallest absolute Gasteiger partial charge is 0.101 e. The zero-order chi connectivity index (χ0) is 10.7. The van der Waals surface area contributed by atoms with E-state index in [9.17, 15) is 0 Å². The molecule has 1 saturated carbocycles. The summed E-state index contributed by atoms with van der Waals surface area (Å²) in [4.78, 5) is 0. The van der Waals surface area contributed by atoms with Gasteiger partial charge in [-0.25, -0.2) is 4.68 Å². The minimum atomic E-state index is 0.485. The highest BCUT2D eigenvalue weighted by Gasteiger charge is 2.21. The van der Waals surface area contributed by atoms with Crippen LogP contribution in [0.5, 0.6) is 0 Å². The number of hydrogen-bond donors (Lipinski definition) is 0. The number of hydrogen-bond acceptors (Lipinski definition) is 2. The molecule has 0 spiro atoms. The molecular formula is C11H18ClN3. The zero-order valence-electron chi connectivity index (χ0n) is 9.25. The molecular weight excluding hydrogens is 210 g/mol. The van der Waals surface area contributed by atoms with Crippen molar-refractivity contribution in [2.45, 2.75) is 51.5 Å². The Kier molecular flexibility index (Phi) is 3.62. The van der Waals surface area contributed by atoms with Crippen molar-refractivity contribution in [2.24, 2.45) is 5.92 Å². The summed E-state index contributed by atoms with van der Waals surface area (Å²) in [6.45, 7) is 3.19. The van der Waals surface area contributed by atoms with Crippen LogP contribution in [0.1, 0.15) is 44.0 Å². The normalized spacial score (nSPS) is 15.9. The molecule has 2 rings (SSSR count). The molecule has 0 aliphatic heterocycles. The lowest BCUT2D eigenvalue weighted by atomic mass is 10.2. The Hall–Kier alpha value is -0.570.